The second-order valence-electron chi connectivity index (χ2n) is 8.14. The zero-order valence-electron chi connectivity index (χ0n) is 17.3. The number of aromatic nitrogens is 1. The third-order valence-corrected chi connectivity index (χ3v) is 5.32. The normalized spacial score (nSPS) is 14.8. The van der Waals surface area contributed by atoms with Gasteiger partial charge in [-0.3, -0.25) is 0 Å². The van der Waals surface area contributed by atoms with Gasteiger partial charge in [0.15, 0.2) is 0 Å². The Morgan fingerprint density at radius 1 is 1.28 bits per heavy atom. The number of benzene rings is 1. The van der Waals surface area contributed by atoms with Crippen LogP contribution < -0.4 is 10.1 Å². The highest BCUT2D eigenvalue weighted by molar-refractivity contribution is 7.15. The summed E-state index contributed by atoms with van der Waals surface area (Å²) in [6.07, 6.45) is 2.89. The maximum Gasteiger partial charge on any atom is 0.408 e. The highest BCUT2D eigenvalue weighted by Gasteiger charge is 2.46. The van der Waals surface area contributed by atoms with Gasteiger partial charge in [-0.2, -0.15) is 0 Å². The maximum atomic E-state index is 12.3. The summed E-state index contributed by atoms with van der Waals surface area (Å²) in [7, 11) is 1.34. The zero-order chi connectivity index (χ0) is 21.2. The van der Waals surface area contributed by atoms with Crippen LogP contribution in [0.25, 0.3) is 10.6 Å². The standard InChI is InChI=1S/C21H26N2O5S/c1-13-11-22-17(29-13)16-14(18(24)26-5)7-6-8-15(16)27-12-21(9-10-21)23-19(25)28-20(2,3)4/h6-8,11H,9-10,12H2,1-5H3,(H,23,25). The number of alkyl carbamates (subject to hydrolysis) is 1. The SMILES string of the molecule is COC(=O)c1cccc(OCC2(NC(=O)OC(C)(C)C)CC2)c1-c1ncc(C)s1. The molecule has 1 aromatic carbocycles. The fourth-order valence-electron chi connectivity index (χ4n) is 2.81. The van der Waals surface area contributed by atoms with Crippen molar-refractivity contribution in [2.75, 3.05) is 13.7 Å². The number of rotatable bonds is 6. The van der Waals surface area contributed by atoms with E-state index in [0.29, 0.717) is 21.9 Å². The van der Waals surface area contributed by atoms with Crippen LogP contribution in [0.2, 0.25) is 0 Å². The number of amides is 1. The molecule has 0 radical (unpaired) electrons. The first-order chi connectivity index (χ1) is 13.6. The molecule has 1 heterocycles. The molecule has 1 amide bonds. The first kappa shape index (κ1) is 21.1. The van der Waals surface area contributed by atoms with Crippen molar-refractivity contribution >= 4 is 23.4 Å². The molecule has 1 N–H and O–H groups in total. The summed E-state index contributed by atoms with van der Waals surface area (Å²) >= 11 is 1.47. The van der Waals surface area contributed by atoms with E-state index in [1.807, 2.05) is 27.7 Å². The topological polar surface area (TPSA) is 86.8 Å². The number of aryl methyl sites for hydroxylation is 1. The van der Waals surface area contributed by atoms with Crippen LogP contribution in [-0.4, -0.2) is 41.9 Å². The van der Waals surface area contributed by atoms with Crippen molar-refractivity contribution < 1.29 is 23.8 Å². The highest BCUT2D eigenvalue weighted by Crippen LogP contribution is 2.40. The molecule has 2 aromatic rings. The molecule has 1 aliphatic rings. The summed E-state index contributed by atoms with van der Waals surface area (Å²) in [5.74, 6) is 0.0748. The van der Waals surface area contributed by atoms with Crippen LogP contribution in [0.3, 0.4) is 0 Å². The third kappa shape index (κ3) is 5.26. The van der Waals surface area contributed by atoms with Crippen molar-refractivity contribution in [3.05, 3.63) is 34.8 Å². The summed E-state index contributed by atoms with van der Waals surface area (Å²) < 4.78 is 16.4. The summed E-state index contributed by atoms with van der Waals surface area (Å²) in [6, 6.07) is 5.23. The number of hydrogen-bond donors (Lipinski definition) is 1. The molecular formula is C21H26N2O5S. The van der Waals surface area contributed by atoms with E-state index < -0.39 is 23.2 Å². The fraction of sp³-hybridized carbons (Fsp3) is 0.476. The van der Waals surface area contributed by atoms with Crippen molar-refractivity contribution in [1.29, 1.82) is 0 Å². The molecule has 29 heavy (non-hydrogen) atoms. The zero-order valence-corrected chi connectivity index (χ0v) is 18.1. The Morgan fingerprint density at radius 3 is 2.55 bits per heavy atom. The lowest BCUT2D eigenvalue weighted by molar-refractivity contribution is 0.0477. The van der Waals surface area contributed by atoms with Crippen LogP contribution >= 0.6 is 11.3 Å². The minimum Gasteiger partial charge on any atom is -0.490 e. The summed E-state index contributed by atoms with van der Waals surface area (Å²) in [5.41, 5.74) is -0.0272. The number of thiazole rings is 1. The Labute approximate surface area is 174 Å². The van der Waals surface area contributed by atoms with Crippen molar-refractivity contribution in [2.24, 2.45) is 0 Å². The van der Waals surface area contributed by atoms with Gasteiger partial charge >= 0.3 is 12.1 Å². The summed E-state index contributed by atoms with van der Waals surface area (Å²) in [6.45, 7) is 7.69. The molecule has 1 fully saturated rings. The van der Waals surface area contributed by atoms with Gasteiger partial charge in [-0.1, -0.05) is 6.07 Å². The highest BCUT2D eigenvalue weighted by atomic mass is 32.1. The Balaban J connectivity index is 1.81. The first-order valence-corrected chi connectivity index (χ1v) is 10.2. The van der Waals surface area contributed by atoms with E-state index in [4.69, 9.17) is 14.2 Å². The number of carbonyl (C=O) groups is 2. The van der Waals surface area contributed by atoms with E-state index in [-0.39, 0.29) is 6.61 Å². The molecule has 1 saturated carbocycles. The number of nitrogens with one attached hydrogen (secondary N) is 1. The van der Waals surface area contributed by atoms with Gasteiger partial charge in [0.25, 0.3) is 0 Å². The predicted molar refractivity (Wildman–Crippen MR) is 110 cm³/mol. The smallest absolute Gasteiger partial charge is 0.408 e. The number of esters is 1. The minimum absolute atomic E-state index is 0.272. The molecule has 156 valence electrons. The van der Waals surface area contributed by atoms with E-state index in [1.165, 1.54) is 18.4 Å². The van der Waals surface area contributed by atoms with Crippen molar-refractivity contribution in [3.8, 4) is 16.3 Å². The second-order valence-corrected chi connectivity index (χ2v) is 9.38. The molecule has 0 bridgehead atoms. The number of ether oxygens (including phenoxy) is 3. The van der Waals surface area contributed by atoms with Crippen molar-refractivity contribution in [1.82, 2.24) is 10.3 Å². The van der Waals surface area contributed by atoms with Gasteiger partial charge in [0, 0.05) is 11.1 Å². The van der Waals surface area contributed by atoms with Gasteiger partial charge in [-0.15, -0.1) is 11.3 Å². The lowest BCUT2D eigenvalue weighted by Crippen LogP contribution is -2.44. The van der Waals surface area contributed by atoms with E-state index in [2.05, 4.69) is 10.3 Å². The van der Waals surface area contributed by atoms with E-state index in [9.17, 15) is 9.59 Å². The average Bonchev–Trinajstić information content (AvgIpc) is 3.26. The van der Waals surface area contributed by atoms with Crippen LogP contribution in [0.15, 0.2) is 24.4 Å². The van der Waals surface area contributed by atoms with Crippen LogP contribution in [-0.2, 0) is 9.47 Å². The maximum absolute atomic E-state index is 12.3. The lowest BCUT2D eigenvalue weighted by atomic mass is 10.1. The number of carbonyl (C=O) groups excluding carboxylic acids is 2. The van der Waals surface area contributed by atoms with Crippen molar-refractivity contribution in [2.45, 2.75) is 51.7 Å². The lowest BCUT2D eigenvalue weighted by Gasteiger charge is -2.24. The molecule has 1 aliphatic carbocycles. The molecule has 0 unspecified atom stereocenters. The molecule has 0 saturated heterocycles. The van der Waals surface area contributed by atoms with Crippen molar-refractivity contribution in [3.63, 3.8) is 0 Å². The molecule has 8 heteroatoms. The quantitative estimate of drug-likeness (QED) is 0.702. The Morgan fingerprint density at radius 2 is 2.00 bits per heavy atom. The molecule has 0 atom stereocenters. The fourth-order valence-corrected chi connectivity index (χ4v) is 3.64. The molecule has 3 rings (SSSR count). The Bertz CT molecular complexity index is 912. The van der Waals surface area contributed by atoms with Crippen LogP contribution in [0.5, 0.6) is 5.75 Å². The molecular weight excluding hydrogens is 392 g/mol. The number of methoxy groups -OCH3 is 1. The van der Waals surface area contributed by atoms with E-state index >= 15 is 0 Å². The number of nitrogens with zero attached hydrogens (tertiary/aromatic N) is 1. The Kier molecular flexibility index (Phi) is 5.84. The molecule has 7 nitrogen and oxygen atoms in total. The van der Waals surface area contributed by atoms with Gasteiger partial charge in [0.05, 0.1) is 23.8 Å². The van der Waals surface area contributed by atoms with Gasteiger partial charge in [0.2, 0.25) is 0 Å². The Hall–Kier alpha value is -2.61. The number of hydrogen-bond acceptors (Lipinski definition) is 7. The van der Waals surface area contributed by atoms with Crippen LogP contribution in [0.1, 0.15) is 48.8 Å². The average molecular weight is 419 g/mol. The van der Waals surface area contributed by atoms with Gasteiger partial charge in [-0.25, -0.2) is 14.6 Å². The summed E-state index contributed by atoms with van der Waals surface area (Å²) in [4.78, 5) is 29.9. The van der Waals surface area contributed by atoms with E-state index in [0.717, 1.165) is 17.7 Å². The molecule has 0 spiro atoms. The van der Waals surface area contributed by atoms with Crippen LogP contribution in [0.4, 0.5) is 4.79 Å². The van der Waals surface area contributed by atoms with Gasteiger partial charge < -0.3 is 19.5 Å². The van der Waals surface area contributed by atoms with Gasteiger partial charge in [0.1, 0.15) is 23.0 Å². The summed E-state index contributed by atoms with van der Waals surface area (Å²) in [5, 5.41) is 3.60. The monoisotopic (exact) mass is 418 g/mol. The first-order valence-electron chi connectivity index (χ1n) is 9.41. The molecule has 0 aliphatic heterocycles. The van der Waals surface area contributed by atoms with Crippen LogP contribution in [0, 0.1) is 6.92 Å². The second kappa shape index (κ2) is 8.02. The third-order valence-electron chi connectivity index (χ3n) is 4.39. The van der Waals surface area contributed by atoms with Gasteiger partial charge in [-0.05, 0) is 52.7 Å². The largest absolute Gasteiger partial charge is 0.490 e. The molecule has 1 aromatic heterocycles. The predicted octanol–water partition coefficient (Wildman–Crippen LogP) is 4.34. The van der Waals surface area contributed by atoms with E-state index in [1.54, 1.807) is 24.4 Å². The minimum atomic E-state index is -0.564.